The SMILES string of the molecule is CCC(C)(CO)NC(=O)CC(C)c1c(C)noc1C. The van der Waals surface area contributed by atoms with Gasteiger partial charge in [0.05, 0.1) is 17.8 Å². The Bertz CT molecular complexity index is 416. The summed E-state index contributed by atoms with van der Waals surface area (Å²) in [4.78, 5) is 12.0. The molecule has 5 nitrogen and oxygen atoms in total. The summed E-state index contributed by atoms with van der Waals surface area (Å²) in [6, 6.07) is 0. The molecule has 0 radical (unpaired) electrons. The first-order chi connectivity index (χ1) is 8.83. The van der Waals surface area contributed by atoms with Crippen LogP contribution < -0.4 is 5.32 Å². The molecule has 0 spiro atoms. The monoisotopic (exact) mass is 268 g/mol. The predicted molar refractivity (Wildman–Crippen MR) is 72.9 cm³/mol. The first-order valence-corrected chi connectivity index (χ1v) is 6.67. The molecule has 0 aliphatic heterocycles. The van der Waals surface area contributed by atoms with E-state index < -0.39 is 5.54 Å². The van der Waals surface area contributed by atoms with Gasteiger partial charge in [0, 0.05) is 12.0 Å². The van der Waals surface area contributed by atoms with E-state index in [1.807, 2.05) is 34.6 Å². The Kier molecular flexibility index (Phi) is 5.11. The molecule has 2 unspecified atom stereocenters. The summed E-state index contributed by atoms with van der Waals surface area (Å²) in [5.74, 6) is 0.746. The first-order valence-electron chi connectivity index (χ1n) is 6.67. The molecule has 0 aliphatic rings. The lowest BCUT2D eigenvalue weighted by Crippen LogP contribution is -2.48. The topological polar surface area (TPSA) is 75.4 Å². The second-order valence-electron chi connectivity index (χ2n) is 5.46. The number of hydrogen-bond acceptors (Lipinski definition) is 4. The molecule has 1 amide bonds. The summed E-state index contributed by atoms with van der Waals surface area (Å²) < 4.78 is 5.12. The van der Waals surface area contributed by atoms with Gasteiger partial charge in [0.25, 0.3) is 0 Å². The standard InChI is InChI=1S/C14H24N2O3/c1-6-14(5,8-17)15-12(18)7-9(2)13-10(3)16-19-11(13)4/h9,17H,6-8H2,1-5H3,(H,15,18). The summed E-state index contributed by atoms with van der Waals surface area (Å²) in [6.07, 6.45) is 1.05. The fraction of sp³-hybridized carbons (Fsp3) is 0.714. The van der Waals surface area contributed by atoms with Gasteiger partial charge in [-0.2, -0.15) is 0 Å². The highest BCUT2D eigenvalue weighted by Crippen LogP contribution is 2.26. The van der Waals surface area contributed by atoms with E-state index in [0.29, 0.717) is 12.8 Å². The minimum absolute atomic E-state index is 0.0473. The fourth-order valence-corrected chi connectivity index (χ4v) is 2.20. The number of carbonyl (C=O) groups is 1. The molecule has 0 aromatic carbocycles. The molecule has 1 aromatic rings. The third kappa shape index (κ3) is 3.80. The number of aliphatic hydroxyl groups excluding tert-OH is 1. The van der Waals surface area contributed by atoms with Gasteiger partial charge in [-0.3, -0.25) is 4.79 Å². The van der Waals surface area contributed by atoms with E-state index in [9.17, 15) is 9.90 Å². The lowest BCUT2D eigenvalue weighted by atomic mass is 9.94. The Morgan fingerprint density at radius 2 is 2.16 bits per heavy atom. The Labute approximate surface area is 114 Å². The largest absolute Gasteiger partial charge is 0.394 e. The lowest BCUT2D eigenvalue weighted by molar-refractivity contribution is -0.123. The minimum Gasteiger partial charge on any atom is -0.394 e. The average Bonchev–Trinajstić information content (AvgIpc) is 2.68. The maximum Gasteiger partial charge on any atom is 0.221 e. The molecule has 1 aromatic heterocycles. The van der Waals surface area contributed by atoms with Gasteiger partial charge in [-0.25, -0.2) is 0 Å². The smallest absolute Gasteiger partial charge is 0.221 e. The van der Waals surface area contributed by atoms with Crippen LogP contribution in [0.25, 0.3) is 0 Å². The maximum atomic E-state index is 12.0. The number of aryl methyl sites for hydroxylation is 2. The van der Waals surface area contributed by atoms with Crippen LogP contribution in [0.1, 0.15) is 56.5 Å². The lowest BCUT2D eigenvalue weighted by Gasteiger charge is -2.27. The van der Waals surface area contributed by atoms with Crippen molar-refractivity contribution in [3.63, 3.8) is 0 Å². The Balaban J connectivity index is 2.68. The van der Waals surface area contributed by atoms with Crippen LogP contribution in [0.15, 0.2) is 4.52 Å². The summed E-state index contributed by atoms with van der Waals surface area (Å²) in [7, 11) is 0. The first kappa shape index (κ1) is 15.7. The number of amides is 1. The molecule has 0 saturated heterocycles. The fourth-order valence-electron chi connectivity index (χ4n) is 2.20. The Hall–Kier alpha value is -1.36. The number of carbonyl (C=O) groups excluding carboxylic acids is 1. The van der Waals surface area contributed by atoms with Crippen LogP contribution in [0.4, 0.5) is 0 Å². The van der Waals surface area contributed by atoms with Crippen LogP contribution in [0.5, 0.6) is 0 Å². The molecule has 0 aliphatic carbocycles. The molecule has 19 heavy (non-hydrogen) atoms. The van der Waals surface area contributed by atoms with Gasteiger partial charge in [0.15, 0.2) is 0 Å². The molecule has 2 atom stereocenters. The van der Waals surface area contributed by atoms with Crippen LogP contribution in [-0.4, -0.2) is 28.3 Å². The zero-order valence-corrected chi connectivity index (χ0v) is 12.4. The highest BCUT2D eigenvalue weighted by molar-refractivity contribution is 5.77. The quantitative estimate of drug-likeness (QED) is 0.828. The summed E-state index contributed by atoms with van der Waals surface area (Å²) in [5, 5.41) is 16.1. The number of rotatable bonds is 6. The third-order valence-corrected chi connectivity index (χ3v) is 3.64. The molecular weight excluding hydrogens is 244 g/mol. The molecule has 2 N–H and O–H groups in total. The Morgan fingerprint density at radius 3 is 2.58 bits per heavy atom. The molecule has 108 valence electrons. The van der Waals surface area contributed by atoms with E-state index in [2.05, 4.69) is 10.5 Å². The van der Waals surface area contributed by atoms with Gasteiger partial charge >= 0.3 is 0 Å². The van der Waals surface area contributed by atoms with Crippen molar-refractivity contribution in [1.82, 2.24) is 10.5 Å². The Morgan fingerprint density at radius 1 is 1.53 bits per heavy atom. The third-order valence-electron chi connectivity index (χ3n) is 3.64. The van der Waals surface area contributed by atoms with E-state index >= 15 is 0 Å². The normalized spacial score (nSPS) is 15.9. The zero-order chi connectivity index (χ0) is 14.6. The molecule has 1 rings (SSSR count). The molecular formula is C14H24N2O3. The van der Waals surface area contributed by atoms with Crippen molar-refractivity contribution in [2.24, 2.45) is 0 Å². The molecule has 5 heteroatoms. The second kappa shape index (κ2) is 6.19. The van der Waals surface area contributed by atoms with Gasteiger partial charge < -0.3 is 14.9 Å². The highest BCUT2D eigenvalue weighted by atomic mass is 16.5. The van der Waals surface area contributed by atoms with Crippen LogP contribution in [0.2, 0.25) is 0 Å². The number of hydrogen-bond donors (Lipinski definition) is 2. The number of aromatic nitrogens is 1. The van der Waals surface area contributed by atoms with Gasteiger partial charge in [-0.05, 0) is 33.1 Å². The van der Waals surface area contributed by atoms with Crippen molar-refractivity contribution >= 4 is 5.91 Å². The van der Waals surface area contributed by atoms with Crippen molar-refractivity contribution in [1.29, 1.82) is 0 Å². The van der Waals surface area contributed by atoms with E-state index in [0.717, 1.165) is 17.0 Å². The molecule has 0 bridgehead atoms. The number of nitrogens with one attached hydrogen (secondary N) is 1. The second-order valence-corrected chi connectivity index (χ2v) is 5.46. The van der Waals surface area contributed by atoms with Gasteiger partial charge in [0.2, 0.25) is 5.91 Å². The van der Waals surface area contributed by atoms with Crippen molar-refractivity contribution in [2.45, 2.75) is 58.9 Å². The van der Waals surface area contributed by atoms with Gasteiger partial charge in [-0.15, -0.1) is 0 Å². The number of aliphatic hydroxyl groups is 1. The van der Waals surface area contributed by atoms with Crippen LogP contribution >= 0.6 is 0 Å². The van der Waals surface area contributed by atoms with E-state index in [4.69, 9.17) is 4.52 Å². The van der Waals surface area contributed by atoms with Gasteiger partial charge in [0.1, 0.15) is 5.76 Å². The van der Waals surface area contributed by atoms with Crippen LogP contribution in [0.3, 0.4) is 0 Å². The van der Waals surface area contributed by atoms with E-state index in [1.54, 1.807) is 0 Å². The summed E-state index contributed by atoms with van der Waals surface area (Å²) >= 11 is 0. The predicted octanol–water partition coefficient (Wildman–Crippen LogP) is 2.06. The highest BCUT2D eigenvalue weighted by Gasteiger charge is 2.25. The van der Waals surface area contributed by atoms with Crippen molar-refractivity contribution < 1.29 is 14.4 Å². The van der Waals surface area contributed by atoms with Gasteiger partial charge in [-0.1, -0.05) is 19.0 Å². The van der Waals surface area contributed by atoms with Crippen LogP contribution in [0, 0.1) is 13.8 Å². The molecule has 1 heterocycles. The minimum atomic E-state index is -0.546. The molecule has 0 saturated carbocycles. The maximum absolute atomic E-state index is 12.0. The summed E-state index contributed by atoms with van der Waals surface area (Å²) in [6.45, 7) is 9.43. The average molecular weight is 268 g/mol. The van der Waals surface area contributed by atoms with Crippen molar-refractivity contribution in [3.05, 3.63) is 17.0 Å². The van der Waals surface area contributed by atoms with E-state index in [-0.39, 0.29) is 18.4 Å². The van der Waals surface area contributed by atoms with E-state index in [1.165, 1.54) is 0 Å². The molecule has 0 fully saturated rings. The van der Waals surface area contributed by atoms with Crippen molar-refractivity contribution in [2.75, 3.05) is 6.61 Å². The zero-order valence-electron chi connectivity index (χ0n) is 12.4. The summed E-state index contributed by atoms with van der Waals surface area (Å²) in [5.41, 5.74) is 1.28. The van der Waals surface area contributed by atoms with Crippen molar-refractivity contribution in [3.8, 4) is 0 Å². The number of nitrogens with zero attached hydrogens (tertiary/aromatic N) is 1. The van der Waals surface area contributed by atoms with Crippen LogP contribution in [-0.2, 0) is 4.79 Å².